The SMILES string of the molecule is CC#C[C@]1(O)CC[C@H]2[C@@H]3CCC4=CC(=O)CCC4=C3[C@@H](c3ccc(CNc4ccc([N+](=O)[O-])c5nonc45)cc3)C[C@@]21C. The first-order valence-electron chi connectivity index (χ1n) is 15.1. The second kappa shape index (κ2) is 10.2. The highest BCUT2D eigenvalue weighted by molar-refractivity contribution is 5.93. The van der Waals surface area contributed by atoms with Gasteiger partial charge in [0.1, 0.15) is 5.60 Å². The number of nitro benzene ring substituents is 1. The van der Waals surface area contributed by atoms with Crippen LogP contribution in [0, 0.1) is 39.2 Å². The van der Waals surface area contributed by atoms with E-state index in [1.807, 2.05) is 13.0 Å². The number of nitrogens with one attached hydrogen (secondary N) is 1. The number of anilines is 1. The lowest BCUT2D eigenvalue weighted by Crippen LogP contribution is -2.51. The van der Waals surface area contributed by atoms with Gasteiger partial charge in [-0.2, -0.15) is 0 Å². The number of allylic oxidation sites excluding steroid dienone is 4. The van der Waals surface area contributed by atoms with E-state index in [1.165, 1.54) is 28.3 Å². The molecule has 9 nitrogen and oxygen atoms in total. The predicted octanol–water partition coefficient (Wildman–Crippen LogP) is 6.40. The molecule has 0 bridgehead atoms. The molecule has 4 aliphatic carbocycles. The molecule has 2 saturated carbocycles. The number of ketones is 1. The van der Waals surface area contributed by atoms with Gasteiger partial charge in [-0.15, -0.1) is 5.92 Å². The molecule has 1 heterocycles. The molecule has 2 fully saturated rings. The zero-order valence-electron chi connectivity index (χ0n) is 24.4. The summed E-state index contributed by atoms with van der Waals surface area (Å²) in [5, 5.41) is 34.1. The summed E-state index contributed by atoms with van der Waals surface area (Å²) in [6.07, 6.45) is 7.67. The highest BCUT2D eigenvalue weighted by Gasteiger charge is 2.62. The van der Waals surface area contributed by atoms with Crippen LogP contribution < -0.4 is 5.32 Å². The maximum atomic E-state index is 12.3. The van der Waals surface area contributed by atoms with E-state index in [2.05, 4.69) is 58.7 Å². The van der Waals surface area contributed by atoms with Crippen molar-refractivity contribution in [3.63, 3.8) is 0 Å². The van der Waals surface area contributed by atoms with Gasteiger partial charge in [-0.3, -0.25) is 14.9 Å². The summed E-state index contributed by atoms with van der Waals surface area (Å²) in [7, 11) is 0. The molecule has 0 aliphatic heterocycles. The van der Waals surface area contributed by atoms with E-state index in [4.69, 9.17) is 4.63 Å². The Morgan fingerprint density at radius 2 is 1.91 bits per heavy atom. The summed E-state index contributed by atoms with van der Waals surface area (Å²) in [6, 6.07) is 11.6. The van der Waals surface area contributed by atoms with Crippen LogP contribution in [0.25, 0.3) is 11.0 Å². The third kappa shape index (κ3) is 4.30. The Morgan fingerprint density at radius 1 is 1.12 bits per heavy atom. The van der Waals surface area contributed by atoms with Crippen molar-refractivity contribution in [2.24, 2.45) is 17.3 Å². The van der Waals surface area contributed by atoms with Crippen molar-refractivity contribution < 1.29 is 19.5 Å². The van der Waals surface area contributed by atoms with Crippen LogP contribution in [0.5, 0.6) is 0 Å². The van der Waals surface area contributed by atoms with Crippen LogP contribution >= 0.6 is 0 Å². The van der Waals surface area contributed by atoms with Crippen LogP contribution in [-0.2, 0) is 11.3 Å². The number of nitrogens with zero attached hydrogens (tertiary/aromatic N) is 3. The fraction of sp³-hybridized carbons (Fsp3) is 0.441. The lowest BCUT2D eigenvalue weighted by Gasteiger charge is -2.53. The number of rotatable bonds is 5. The first kappa shape index (κ1) is 27.5. The summed E-state index contributed by atoms with van der Waals surface area (Å²) < 4.78 is 4.79. The second-order valence-electron chi connectivity index (χ2n) is 12.7. The molecule has 4 aliphatic rings. The molecule has 220 valence electrons. The van der Waals surface area contributed by atoms with Crippen molar-refractivity contribution in [3.05, 3.63) is 80.4 Å². The molecule has 0 saturated heterocycles. The number of hydrogen-bond acceptors (Lipinski definition) is 8. The van der Waals surface area contributed by atoms with Gasteiger partial charge >= 0.3 is 5.69 Å². The fourth-order valence-corrected chi connectivity index (χ4v) is 8.58. The Morgan fingerprint density at radius 3 is 2.67 bits per heavy atom. The first-order valence-corrected chi connectivity index (χ1v) is 15.1. The molecule has 43 heavy (non-hydrogen) atoms. The Balaban J connectivity index is 1.21. The molecule has 0 radical (unpaired) electrons. The maximum Gasteiger partial charge on any atom is 0.300 e. The third-order valence-electron chi connectivity index (χ3n) is 10.7. The summed E-state index contributed by atoms with van der Waals surface area (Å²) in [4.78, 5) is 23.2. The number of carbonyl (C=O) groups excluding carboxylic acids is 1. The number of aromatic nitrogens is 2. The normalized spacial score (nSPS) is 29.7. The van der Waals surface area contributed by atoms with E-state index in [0.29, 0.717) is 42.4 Å². The molecule has 1 aromatic heterocycles. The van der Waals surface area contributed by atoms with Crippen LogP contribution in [0.15, 0.2) is 63.8 Å². The highest BCUT2D eigenvalue weighted by Crippen LogP contribution is 2.66. The van der Waals surface area contributed by atoms with Crippen molar-refractivity contribution in [2.45, 2.75) is 76.9 Å². The quantitative estimate of drug-likeness (QED) is 0.202. The molecule has 5 atom stereocenters. The average molecular weight is 579 g/mol. The number of carbonyl (C=O) groups is 1. The minimum absolute atomic E-state index is 0.114. The molecular formula is C34H34N4O5. The molecule has 2 aromatic carbocycles. The number of non-ortho nitro benzene ring substituents is 1. The van der Waals surface area contributed by atoms with Crippen LogP contribution in [0.4, 0.5) is 11.4 Å². The minimum atomic E-state index is -1.00. The molecule has 2 N–H and O–H groups in total. The molecule has 0 unspecified atom stereocenters. The molecular weight excluding hydrogens is 544 g/mol. The van der Waals surface area contributed by atoms with Gasteiger partial charge in [-0.05, 0) is 102 Å². The van der Waals surface area contributed by atoms with Gasteiger partial charge in [0, 0.05) is 30.4 Å². The Hall–Kier alpha value is -4.29. The first-order chi connectivity index (χ1) is 20.7. The average Bonchev–Trinajstić information content (AvgIpc) is 3.58. The van der Waals surface area contributed by atoms with Crippen molar-refractivity contribution in [3.8, 4) is 11.8 Å². The van der Waals surface area contributed by atoms with Gasteiger partial charge in [-0.1, -0.05) is 42.7 Å². The molecule has 3 aromatic rings. The van der Waals surface area contributed by atoms with Crippen LogP contribution in [0.1, 0.15) is 75.8 Å². The lowest BCUT2D eigenvalue weighted by molar-refractivity contribution is -0.383. The van der Waals surface area contributed by atoms with Crippen molar-refractivity contribution in [1.29, 1.82) is 0 Å². The van der Waals surface area contributed by atoms with Crippen molar-refractivity contribution in [1.82, 2.24) is 10.3 Å². The topological polar surface area (TPSA) is 131 Å². The lowest BCUT2D eigenvalue weighted by atomic mass is 9.51. The fourth-order valence-electron chi connectivity index (χ4n) is 8.58. The van der Waals surface area contributed by atoms with Gasteiger partial charge in [-0.25, -0.2) is 4.63 Å². The van der Waals surface area contributed by atoms with Gasteiger partial charge in [0.2, 0.25) is 5.52 Å². The Labute approximate surface area is 249 Å². The van der Waals surface area contributed by atoms with E-state index in [0.717, 1.165) is 37.7 Å². The molecule has 7 rings (SSSR count). The largest absolute Gasteiger partial charge is 0.379 e. The summed E-state index contributed by atoms with van der Waals surface area (Å²) in [6.45, 7) is 4.55. The third-order valence-corrected chi connectivity index (χ3v) is 10.7. The van der Waals surface area contributed by atoms with E-state index < -0.39 is 10.5 Å². The Bertz CT molecular complexity index is 1780. The molecule has 0 amide bonds. The van der Waals surface area contributed by atoms with Crippen molar-refractivity contribution >= 4 is 28.2 Å². The van der Waals surface area contributed by atoms with Crippen LogP contribution in [-0.4, -0.2) is 31.7 Å². The van der Waals surface area contributed by atoms with E-state index >= 15 is 0 Å². The van der Waals surface area contributed by atoms with Crippen molar-refractivity contribution in [2.75, 3.05) is 5.32 Å². The summed E-state index contributed by atoms with van der Waals surface area (Å²) in [5.41, 5.74) is 5.91. The van der Waals surface area contributed by atoms with Gasteiger partial charge in [0.15, 0.2) is 11.3 Å². The molecule has 0 spiro atoms. The zero-order valence-corrected chi connectivity index (χ0v) is 24.4. The van der Waals surface area contributed by atoms with Gasteiger partial charge in [0.25, 0.3) is 0 Å². The summed E-state index contributed by atoms with van der Waals surface area (Å²) >= 11 is 0. The van der Waals surface area contributed by atoms with Gasteiger partial charge in [0.05, 0.1) is 10.6 Å². The van der Waals surface area contributed by atoms with Crippen LogP contribution in [0.2, 0.25) is 0 Å². The van der Waals surface area contributed by atoms with E-state index in [-0.39, 0.29) is 28.3 Å². The number of hydrogen-bond donors (Lipinski definition) is 2. The maximum absolute atomic E-state index is 12.3. The standard InChI is InChI=1S/C34H34N4O5/c1-3-15-34(40)16-14-27-25-10-8-22-17-23(39)9-11-24(22)30(25)26(18-33(27,34)2)21-6-4-20(5-7-21)19-35-28-12-13-29(38(41)42)32-31(28)36-43-37-32/h4-7,12-13,17,25-27,35,40H,8-11,14,16,18-19H2,1-2H3/t25-,26+,27-,33-,34-/m0/s1. The van der Waals surface area contributed by atoms with E-state index in [9.17, 15) is 20.0 Å². The number of benzene rings is 2. The highest BCUT2D eigenvalue weighted by atomic mass is 16.6. The van der Waals surface area contributed by atoms with Crippen LogP contribution in [0.3, 0.4) is 0 Å². The number of nitro groups is 1. The van der Waals surface area contributed by atoms with Gasteiger partial charge < -0.3 is 10.4 Å². The zero-order chi connectivity index (χ0) is 29.9. The second-order valence-corrected chi connectivity index (χ2v) is 12.7. The minimum Gasteiger partial charge on any atom is -0.379 e. The Kier molecular flexibility index (Phi) is 6.51. The number of fused-ring (bicyclic) bond motifs is 5. The smallest absolute Gasteiger partial charge is 0.300 e. The van der Waals surface area contributed by atoms with E-state index in [1.54, 1.807) is 6.07 Å². The summed E-state index contributed by atoms with van der Waals surface area (Å²) in [5.74, 6) is 7.35. The predicted molar refractivity (Wildman–Crippen MR) is 161 cm³/mol. The monoisotopic (exact) mass is 578 g/mol. The number of aliphatic hydroxyl groups is 1. The molecule has 9 heteroatoms.